The Morgan fingerprint density at radius 1 is 0.974 bits per heavy atom. The number of hydrogen-bond donors (Lipinski definition) is 1. The van der Waals surface area contributed by atoms with E-state index >= 15 is 0 Å². The fourth-order valence-electron chi connectivity index (χ4n) is 3.25. The molecule has 212 valence electrons. The van der Waals surface area contributed by atoms with E-state index in [4.69, 9.17) is 18.9 Å². The van der Waals surface area contributed by atoms with Crippen molar-refractivity contribution in [1.29, 1.82) is 0 Å². The van der Waals surface area contributed by atoms with Gasteiger partial charge in [-0.05, 0) is 56.7 Å². The lowest BCUT2D eigenvalue weighted by molar-refractivity contribution is -0.142. The lowest BCUT2D eigenvalue weighted by Gasteiger charge is -2.17. The summed E-state index contributed by atoms with van der Waals surface area (Å²) in [5, 5.41) is 9.97. The molecule has 0 bridgehead atoms. The van der Waals surface area contributed by atoms with Gasteiger partial charge in [0, 0.05) is 18.6 Å². The molecule has 0 radical (unpaired) electrons. The van der Waals surface area contributed by atoms with Crippen LogP contribution in [-0.4, -0.2) is 63.2 Å². The Labute approximate surface area is 230 Å². The maximum atomic E-state index is 12.3. The largest absolute Gasteiger partial charge is 0.497 e. The predicted octanol–water partition coefficient (Wildman–Crippen LogP) is 3.72. The zero-order valence-corrected chi connectivity index (χ0v) is 23.4. The summed E-state index contributed by atoms with van der Waals surface area (Å²) < 4.78 is 45.7. The van der Waals surface area contributed by atoms with Crippen LogP contribution in [0.15, 0.2) is 77.7 Å². The van der Waals surface area contributed by atoms with Gasteiger partial charge in [-0.2, -0.15) is 0 Å². The summed E-state index contributed by atoms with van der Waals surface area (Å²) in [6.07, 6.45) is 3.38. The SMILES string of the molecule is COc1ccc(CO[C@H](/C=C/C(=O)O[C@@H](C)C/C=C/C(=O)OCCS(=O)(=O)c2ccc(C)cc2)[C@H](C)O)cc1. The third-order valence-corrected chi connectivity index (χ3v) is 7.21. The maximum Gasteiger partial charge on any atom is 0.330 e. The number of hydrogen-bond acceptors (Lipinski definition) is 9. The molecule has 0 aliphatic rings. The molecule has 39 heavy (non-hydrogen) atoms. The van der Waals surface area contributed by atoms with E-state index < -0.39 is 40.1 Å². The van der Waals surface area contributed by atoms with Crippen molar-refractivity contribution in [1.82, 2.24) is 0 Å². The maximum absolute atomic E-state index is 12.3. The number of carbonyl (C=O) groups is 2. The quantitative estimate of drug-likeness (QED) is 0.256. The van der Waals surface area contributed by atoms with Crippen LogP contribution in [0.5, 0.6) is 5.75 Å². The molecule has 1 N–H and O–H groups in total. The Hall–Kier alpha value is -3.47. The molecule has 0 spiro atoms. The Morgan fingerprint density at radius 2 is 1.64 bits per heavy atom. The molecule has 0 unspecified atom stereocenters. The number of sulfone groups is 1. The van der Waals surface area contributed by atoms with Crippen molar-refractivity contribution < 1.29 is 42.1 Å². The van der Waals surface area contributed by atoms with E-state index in [1.165, 1.54) is 30.4 Å². The molecule has 10 heteroatoms. The summed E-state index contributed by atoms with van der Waals surface area (Å²) in [7, 11) is -1.97. The second-order valence-electron chi connectivity index (χ2n) is 8.91. The minimum atomic E-state index is -3.55. The Morgan fingerprint density at radius 3 is 2.26 bits per heavy atom. The molecule has 0 saturated heterocycles. The van der Waals surface area contributed by atoms with Gasteiger partial charge in [-0.3, -0.25) is 0 Å². The van der Waals surface area contributed by atoms with E-state index in [1.54, 1.807) is 45.2 Å². The van der Waals surface area contributed by atoms with Crippen LogP contribution < -0.4 is 4.74 Å². The minimum Gasteiger partial charge on any atom is -0.497 e. The van der Waals surface area contributed by atoms with Crippen molar-refractivity contribution in [3.05, 3.63) is 84.0 Å². The third kappa shape index (κ3) is 11.8. The first kappa shape index (κ1) is 31.7. The van der Waals surface area contributed by atoms with Gasteiger partial charge in [-0.1, -0.05) is 35.9 Å². The number of aliphatic hydroxyl groups excluding tert-OH is 1. The zero-order chi connectivity index (χ0) is 28.8. The molecule has 0 heterocycles. The number of esters is 2. The Kier molecular flexibility index (Phi) is 12.9. The van der Waals surface area contributed by atoms with E-state index in [9.17, 15) is 23.1 Å². The molecule has 0 fully saturated rings. The third-order valence-electron chi connectivity index (χ3n) is 5.51. The molecule has 2 aromatic carbocycles. The first-order chi connectivity index (χ1) is 18.5. The number of aliphatic hydroxyl groups is 1. The molecule has 0 aliphatic carbocycles. The highest BCUT2D eigenvalue weighted by molar-refractivity contribution is 7.91. The summed E-state index contributed by atoms with van der Waals surface area (Å²) in [5.74, 6) is -0.925. The standard InChI is InChI=1S/C29H36O9S/c1-21-8-14-26(15-9-21)39(33,34)19-18-36-28(31)7-5-6-22(2)38-29(32)17-16-27(23(3)30)37-20-24-10-12-25(35-4)13-11-24/h5,7-17,22-23,27,30H,6,18-20H2,1-4H3/b7-5+,17-16+/t22-,23-,27+/m0/s1. The monoisotopic (exact) mass is 560 g/mol. The Bertz CT molecular complexity index is 1210. The van der Waals surface area contributed by atoms with Crippen molar-refractivity contribution in [3.63, 3.8) is 0 Å². The highest BCUT2D eigenvalue weighted by Crippen LogP contribution is 2.14. The number of ether oxygens (including phenoxy) is 4. The number of rotatable bonds is 15. The first-order valence-electron chi connectivity index (χ1n) is 12.4. The summed E-state index contributed by atoms with van der Waals surface area (Å²) in [6, 6.07) is 13.7. The van der Waals surface area contributed by atoms with Crippen LogP contribution in [0, 0.1) is 6.92 Å². The Balaban J connectivity index is 1.72. The molecule has 0 aliphatic heterocycles. The lowest BCUT2D eigenvalue weighted by atomic mass is 10.2. The van der Waals surface area contributed by atoms with Crippen LogP contribution in [0.1, 0.15) is 31.4 Å². The number of methoxy groups -OCH3 is 1. The molecule has 3 atom stereocenters. The number of carbonyl (C=O) groups excluding carboxylic acids is 2. The van der Waals surface area contributed by atoms with Crippen molar-refractivity contribution in [2.45, 2.75) is 57.0 Å². The fourth-order valence-corrected chi connectivity index (χ4v) is 4.34. The minimum absolute atomic E-state index is 0.174. The van der Waals surface area contributed by atoms with Crippen LogP contribution in [0.2, 0.25) is 0 Å². The van der Waals surface area contributed by atoms with Crippen LogP contribution >= 0.6 is 0 Å². The molecular weight excluding hydrogens is 524 g/mol. The van der Waals surface area contributed by atoms with Crippen LogP contribution in [0.25, 0.3) is 0 Å². The van der Waals surface area contributed by atoms with Gasteiger partial charge in [-0.25, -0.2) is 18.0 Å². The van der Waals surface area contributed by atoms with Crippen molar-refractivity contribution in [2.24, 2.45) is 0 Å². The normalized spacial score (nSPS) is 14.2. The molecule has 0 aromatic heterocycles. The molecule has 2 rings (SSSR count). The molecule has 2 aromatic rings. The van der Waals surface area contributed by atoms with E-state index in [2.05, 4.69) is 0 Å². The zero-order valence-electron chi connectivity index (χ0n) is 22.6. The summed E-state index contributed by atoms with van der Waals surface area (Å²) in [4.78, 5) is 24.2. The topological polar surface area (TPSA) is 125 Å². The van der Waals surface area contributed by atoms with Crippen molar-refractivity contribution >= 4 is 21.8 Å². The van der Waals surface area contributed by atoms with E-state index in [-0.39, 0.29) is 30.3 Å². The van der Waals surface area contributed by atoms with E-state index in [0.717, 1.165) is 23.0 Å². The van der Waals surface area contributed by atoms with Gasteiger partial charge in [0.15, 0.2) is 9.84 Å². The molecule has 9 nitrogen and oxygen atoms in total. The van der Waals surface area contributed by atoms with Crippen molar-refractivity contribution in [3.8, 4) is 5.75 Å². The summed E-state index contributed by atoms with van der Waals surface area (Å²) >= 11 is 0. The fraction of sp³-hybridized carbons (Fsp3) is 0.379. The van der Waals surface area contributed by atoms with Crippen LogP contribution in [0.4, 0.5) is 0 Å². The molecule has 0 amide bonds. The average molecular weight is 561 g/mol. The van der Waals surface area contributed by atoms with Gasteiger partial charge in [0.1, 0.15) is 24.6 Å². The average Bonchev–Trinajstić information content (AvgIpc) is 2.89. The predicted molar refractivity (Wildman–Crippen MR) is 146 cm³/mol. The summed E-state index contributed by atoms with van der Waals surface area (Å²) in [5.41, 5.74) is 1.82. The van der Waals surface area contributed by atoms with Gasteiger partial charge in [-0.15, -0.1) is 0 Å². The van der Waals surface area contributed by atoms with Crippen LogP contribution in [-0.2, 0) is 40.2 Å². The van der Waals surface area contributed by atoms with Crippen LogP contribution in [0.3, 0.4) is 0 Å². The van der Waals surface area contributed by atoms with E-state index in [1.807, 2.05) is 19.1 Å². The number of benzene rings is 2. The molecular formula is C29H36O9S. The number of aryl methyl sites for hydroxylation is 1. The molecule has 0 saturated carbocycles. The van der Waals surface area contributed by atoms with Crippen molar-refractivity contribution in [2.75, 3.05) is 19.5 Å². The first-order valence-corrected chi connectivity index (χ1v) is 14.1. The van der Waals surface area contributed by atoms with Gasteiger partial charge in [0.25, 0.3) is 0 Å². The van der Waals surface area contributed by atoms with Gasteiger partial charge >= 0.3 is 11.9 Å². The second-order valence-corrected chi connectivity index (χ2v) is 11.0. The second kappa shape index (κ2) is 15.8. The van der Waals surface area contributed by atoms with E-state index in [0.29, 0.717) is 0 Å². The van der Waals surface area contributed by atoms with Gasteiger partial charge in [0.05, 0.1) is 30.5 Å². The summed E-state index contributed by atoms with van der Waals surface area (Å²) in [6.45, 7) is 5.02. The lowest BCUT2D eigenvalue weighted by Crippen LogP contribution is -2.24. The highest BCUT2D eigenvalue weighted by Gasteiger charge is 2.16. The smallest absolute Gasteiger partial charge is 0.330 e. The van der Waals surface area contributed by atoms with Gasteiger partial charge in [0.2, 0.25) is 0 Å². The van der Waals surface area contributed by atoms with Gasteiger partial charge < -0.3 is 24.1 Å². The highest BCUT2D eigenvalue weighted by atomic mass is 32.2.